The molecule has 0 aromatic heterocycles. The Kier molecular flexibility index (Phi) is 5.77. The lowest BCUT2D eigenvalue weighted by Crippen LogP contribution is -2.20. The molecule has 1 heterocycles. The van der Waals surface area contributed by atoms with E-state index in [-0.39, 0.29) is 12.5 Å². The van der Waals surface area contributed by atoms with Crippen LogP contribution in [0.2, 0.25) is 0 Å². The molecule has 0 saturated carbocycles. The molecule has 3 rings (SSSR count). The Morgan fingerprint density at radius 1 is 1.18 bits per heavy atom. The van der Waals surface area contributed by atoms with Gasteiger partial charge in [-0.15, -0.1) is 0 Å². The molecule has 0 unspecified atom stereocenters. The van der Waals surface area contributed by atoms with Crippen molar-refractivity contribution in [3.05, 3.63) is 59.2 Å². The summed E-state index contributed by atoms with van der Waals surface area (Å²) < 4.78 is 54.0. The molecule has 0 radical (unpaired) electrons. The second-order valence-corrected chi connectivity index (χ2v) is 5.99. The van der Waals surface area contributed by atoms with Crippen molar-refractivity contribution in [1.29, 1.82) is 0 Å². The molecule has 0 fully saturated rings. The van der Waals surface area contributed by atoms with Crippen LogP contribution in [-0.4, -0.2) is 26.2 Å². The van der Waals surface area contributed by atoms with Gasteiger partial charge in [0, 0.05) is 12.6 Å². The molecule has 8 heteroatoms. The third-order valence-electron chi connectivity index (χ3n) is 4.03. The third-order valence-corrected chi connectivity index (χ3v) is 4.03. The lowest BCUT2D eigenvalue weighted by atomic mass is 10.1. The van der Waals surface area contributed by atoms with Crippen molar-refractivity contribution in [2.45, 2.75) is 12.7 Å². The van der Waals surface area contributed by atoms with Crippen molar-refractivity contribution in [3.63, 3.8) is 0 Å². The largest absolute Gasteiger partial charge is 0.493 e. The fourth-order valence-electron chi connectivity index (χ4n) is 2.62. The predicted molar refractivity (Wildman–Crippen MR) is 96.3 cm³/mol. The molecular formula is C20H18F3NO4. The molecule has 0 aliphatic carbocycles. The Labute approximate surface area is 159 Å². The van der Waals surface area contributed by atoms with Crippen LogP contribution in [0, 0.1) is 0 Å². The van der Waals surface area contributed by atoms with Crippen molar-refractivity contribution >= 4 is 12.0 Å². The minimum Gasteiger partial charge on any atom is -0.493 e. The van der Waals surface area contributed by atoms with Gasteiger partial charge in [-0.05, 0) is 41.5 Å². The summed E-state index contributed by atoms with van der Waals surface area (Å²) in [5, 5.41) is 2.62. The molecule has 28 heavy (non-hydrogen) atoms. The van der Waals surface area contributed by atoms with Crippen LogP contribution in [0.4, 0.5) is 13.2 Å². The summed E-state index contributed by atoms with van der Waals surface area (Å²) in [6.45, 7) is 0.980. The molecule has 1 amide bonds. The number of carbonyl (C=O) groups excluding carboxylic acids is 1. The highest BCUT2D eigenvalue weighted by molar-refractivity contribution is 5.91. The van der Waals surface area contributed by atoms with Gasteiger partial charge in [0.1, 0.15) is 13.2 Å². The van der Waals surface area contributed by atoms with Crippen LogP contribution < -0.4 is 19.5 Å². The summed E-state index contributed by atoms with van der Waals surface area (Å²) in [5.74, 6) is 1.18. The highest BCUT2D eigenvalue weighted by Crippen LogP contribution is 2.40. The van der Waals surface area contributed by atoms with Gasteiger partial charge in [-0.25, -0.2) is 0 Å². The van der Waals surface area contributed by atoms with Crippen LogP contribution in [0.1, 0.15) is 16.7 Å². The first-order valence-corrected chi connectivity index (χ1v) is 8.46. The molecule has 2 aromatic rings. The molecule has 148 valence electrons. The van der Waals surface area contributed by atoms with Gasteiger partial charge in [0.15, 0.2) is 11.5 Å². The molecule has 1 aliphatic rings. The Balaban J connectivity index is 1.61. The van der Waals surface area contributed by atoms with E-state index in [2.05, 4.69) is 5.32 Å². The molecule has 2 aromatic carbocycles. The highest BCUT2D eigenvalue weighted by atomic mass is 19.4. The van der Waals surface area contributed by atoms with Crippen molar-refractivity contribution in [2.75, 3.05) is 20.3 Å². The van der Waals surface area contributed by atoms with Gasteiger partial charge in [-0.3, -0.25) is 4.79 Å². The van der Waals surface area contributed by atoms with E-state index in [0.717, 1.165) is 12.1 Å². The summed E-state index contributed by atoms with van der Waals surface area (Å²) in [6, 6.07) is 8.08. The SMILES string of the molecule is COc1cc(/C=C/C(=O)NCc2ccc(C(F)(F)F)cc2)cc2c1OCCO2. The maximum absolute atomic E-state index is 12.6. The second-order valence-electron chi connectivity index (χ2n) is 5.99. The molecule has 0 bridgehead atoms. The number of rotatable bonds is 5. The number of hydrogen-bond acceptors (Lipinski definition) is 4. The number of alkyl halides is 3. The minimum atomic E-state index is -4.38. The van der Waals surface area contributed by atoms with E-state index in [1.54, 1.807) is 18.2 Å². The van der Waals surface area contributed by atoms with Gasteiger partial charge in [-0.1, -0.05) is 12.1 Å². The Morgan fingerprint density at radius 3 is 2.57 bits per heavy atom. The molecule has 1 N–H and O–H groups in total. The summed E-state index contributed by atoms with van der Waals surface area (Å²) in [4.78, 5) is 12.0. The summed E-state index contributed by atoms with van der Waals surface area (Å²) in [7, 11) is 1.51. The van der Waals surface area contributed by atoms with Gasteiger partial charge in [0.2, 0.25) is 11.7 Å². The number of hydrogen-bond donors (Lipinski definition) is 1. The van der Waals surface area contributed by atoms with Crippen LogP contribution >= 0.6 is 0 Å². The highest BCUT2D eigenvalue weighted by Gasteiger charge is 2.29. The number of ether oxygens (including phenoxy) is 3. The Morgan fingerprint density at radius 2 is 1.89 bits per heavy atom. The zero-order valence-corrected chi connectivity index (χ0v) is 15.0. The standard InChI is InChI=1S/C20H18F3NO4/c1-26-16-10-14(11-17-19(16)28-9-8-27-17)4-7-18(25)24-12-13-2-5-15(6-3-13)20(21,22)23/h2-7,10-11H,8-9,12H2,1H3,(H,24,25)/b7-4+. The van der Waals surface area contributed by atoms with E-state index in [1.165, 1.54) is 25.3 Å². The number of benzene rings is 2. The van der Waals surface area contributed by atoms with Crippen molar-refractivity contribution in [2.24, 2.45) is 0 Å². The van der Waals surface area contributed by atoms with Crippen molar-refractivity contribution in [3.8, 4) is 17.2 Å². The molecule has 5 nitrogen and oxygen atoms in total. The van der Waals surface area contributed by atoms with Gasteiger partial charge < -0.3 is 19.5 Å². The molecule has 0 atom stereocenters. The topological polar surface area (TPSA) is 56.8 Å². The fraction of sp³-hybridized carbons (Fsp3) is 0.250. The van der Waals surface area contributed by atoms with Gasteiger partial charge in [0.25, 0.3) is 0 Å². The first kappa shape index (κ1) is 19.6. The number of methoxy groups -OCH3 is 1. The average Bonchev–Trinajstić information content (AvgIpc) is 2.69. The quantitative estimate of drug-likeness (QED) is 0.785. The third kappa shape index (κ3) is 4.76. The zero-order chi connectivity index (χ0) is 20.1. The van der Waals surface area contributed by atoms with Crippen LogP contribution in [-0.2, 0) is 17.5 Å². The normalized spacial score (nSPS) is 13.4. The maximum atomic E-state index is 12.6. The zero-order valence-electron chi connectivity index (χ0n) is 15.0. The Bertz CT molecular complexity index is 859. The van der Waals surface area contributed by atoms with E-state index < -0.39 is 11.7 Å². The van der Waals surface area contributed by atoms with E-state index in [4.69, 9.17) is 14.2 Å². The smallest absolute Gasteiger partial charge is 0.416 e. The second kappa shape index (κ2) is 8.24. The van der Waals surface area contributed by atoms with Crippen LogP contribution in [0.5, 0.6) is 17.2 Å². The lowest BCUT2D eigenvalue weighted by Gasteiger charge is -2.20. The molecular weight excluding hydrogens is 375 g/mol. The first-order chi connectivity index (χ1) is 13.4. The predicted octanol–water partition coefficient (Wildman–Crippen LogP) is 3.81. The number of halogens is 3. The first-order valence-electron chi connectivity index (χ1n) is 8.46. The van der Waals surface area contributed by atoms with E-state index >= 15 is 0 Å². The van der Waals surface area contributed by atoms with E-state index in [9.17, 15) is 18.0 Å². The number of nitrogens with one attached hydrogen (secondary N) is 1. The number of carbonyl (C=O) groups is 1. The number of fused-ring (bicyclic) bond motifs is 1. The lowest BCUT2D eigenvalue weighted by molar-refractivity contribution is -0.137. The molecule has 0 saturated heterocycles. The van der Waals surface area contributed by atoms with Crippen LogP contribution in [0.25, 0.3) is 6.08 Å². The Hall–Kier alpha value is -3.16. The van der Waals surface area contributed by atoms with Gasteiger partial charge in [-0.2, -0.15) is 13.2 Å². The summed E-state index contributed by atoms with van der Waals surface area (Å²) >= 11 is 0. The minimum absolute atomic E-state index is 0.117. The van der Waals surface area contributed by atoms with E-state index in [1.807, 2.05) is 0 Å². The van der Waals surface area contributed by atoms with Crippen LogP contribution in [0.3, 0.4) is 0 Å². The van der Waals surface area contributed by atoms with Gasteiger partial charge in [0.05, 0.1) is 12.7 Å². The van der Waals surface area contributed by atoms with Crippen molar-refractivity contribution < 1.29 is 32.2 Å². The summed E-state index contributed by atoms with van der Waals surface area (Å²) in [6.07, 6.45) is -1.47. The average molecular weight is 393 g/mol. The maximum Gasteiger partial charge on any atom is 0.416 e. The molecule has 1 aliphatic heterocycles. The molecule has 0 spiro atoms. The van der Waals surface area contributed by atoms with Crippen molar-refractivity contribution in [1.82, 2.24) is 5.32 Å². The fourth-order valence-corrected chi connectivity index (χ4v) is 2.62. The van der Waals surface area contributed by atoms with Crippen LogP contribution in [0.15, 0.2) is 42.5 Å². The summed E-state index contributed by atoms with van der Waals surface area (Å²) in [5.41, 5.74) is 0.525. The van der Waals surface area contributed by atoms with E-state index in [0.29, 0.717) is 41.6 Å². The number of amides is 1. The van der Waals surface area contributed by atoms with Gasteiger partial charge >= 0.3 is 6.18 Å². The monoisotopic (exact) mass is 393 g/mol.